The fraction of sp³-hybridized carbons (Fsp3) is 0.263. The maximum atomic E-state index is 12.2. The number of amides is 2. The average Bonchev–Trinajstić information content (AvgIpc) is 2.60. The molecule has 2 amide bonds. The molecule has 0 bridgehead atoms. The van der Waals surface area contributed by atoms with Gasteiger partial charge in [-0.2, -0.15) is 0 Å². The monoisotopic (exact) mass is 341 g/mol. The first-order chi connectivity index (χ1) is 12.0. The standard InChI is InChI=1S/C19H23N3O3/c1-4-25-17-11-6-5-10-16(17)20-13-18(23)21-15-9-7-8-14(12-15)19(24)22(2)3/h5-12,20H,4,13H2,1-3H3,(H,21,23). The number of ether oxygens (including phenoxy) is 1. The van der Waals surface area contributed by atoms with Crippen LogP contribution in [0.25, 0.3) is 0 Å². The van der Waals surface area contributed by atoms with Gasteiger partial charge in [0.15, 0.2) is 0 Å². The van der Waals surface area contributed by atoms with E-state index in [1.54, 1.807) is 38.4 Å². The molecule has 2 N–H and O–H groups in total. The normalized spacial score (nSPS) is 10.0. The van der Waals surface area contributed by atoms with Crippen LogP contribution in [0.5, 0.6) is 5.75 Å². The first-order valence-electron chi connectivity index (χ1n) is 8.08. The lowest BCUT2D eigenvalue weighted by Crippen LogP contribution is -2.23. The Hall–Kier alpha value is -3.02. The van der Waals surface area contributed by atoms with Crippen molar-refractivity contribution in [2.24, 2.45) is 0 Å². The minimum atomic E-state index is -0.208. The van der Waals surface area contributed by atoms with Gasteiger partial charge in [-0.25, -0.2) is 0 Å². The van der Waals surface area contributed by atoms with E-state index in [4.69, 9.17) is 4.74 Å². The van der Waals surface area contributed by atoms with Crippen LogP contribution < -0.4 is 15.4 Å². The largest absolute Gasteiger partial charge is 0.492 e. The quantitative estimate of drug-likeness (QED) is 0.812. The number of nitrogens with zero attached hydrogens (tertiary/aromatic N) is 1. The van der Waals surface area contributed by atoms with E-state index in [0.717, 1.165) is 5.69 Å². The van der Waals surface area contributed by atoms with E-state index in [-0.39, 0.29) is 18.4 Å². The summed E-state index contributed by atoms with van der Waals surface area (Å²) in [6.07, 6.45) is 0. The molecule has 0 spiro atoms. The summed E-state index contributed by atoms with van der Waals surface area (Å²) < 4.78 is 5.52. The lowest BCUT2D eigenvalue weighted by molar-refractivity contribution is -0.114. The molecule has 0 saturated carbocycles. The summed E-state index contributed by atoms with van der Waals surface area (Å²) in [5.41, 5.74) is 1.87. The van der Waals surface area contributed by atoms with Crippen molar-refractivity contribution in [1.29, 1.82) is 0 Å². The van der Waals surface area contributed by atoms with E-state index >= 15 is 0 Å². The molecule has 0 aliphatic rings. The van der Waals surface area contributed by atoms with Crippen LogP contribution in [-0.2, 0) is 4.79 Å². The van der Waals surface area contributed by atoms with Crippen molar-refractivity contribution in [3.05, 3.63) is 54.1 Å². The minimum Gasteiger partial charge on any atom is -0.492 e. The molecule has 0 fully saturated rings. The van der Waals surface area contributed by atoms with Crippen LogP contribution in [-0.4, -0.2) is 44.0 Å². The second kappa shape index (κ2) is 8.73. The fourth-order valence-corrected chi connectivity index (χ4v) is 2.26. The first-order valence-corrected chi connectivity index (χ1v) is 8.08. The summed E-state index contributed by atoms with van der Waals surface area (Å²) in [5.74, 6) is 0.386. The van der Waals surface area contributed by atoms with Crippen LogP contribution in [0.1, 0.15) is 17.3 Å². The molecule has 0 aliphatic heterocycles. The Labute approximate surface area is 147 Å². The third-order valence-electron chi connectivity index (χ3n) is 3.43. The van der Waals surface area contributed by atoms with Crippen LogP contribution in [0.2, 0.25) is 0 Å². The van der Waals surface area contributed by atoms with Crippen molar-refractivity contribution < 1.29 is 14.3 Å². The summed E-state index contributed by atoms with van der Waals surface area (Å²) in [7, 11) is 3.38. The molecular weight excluding hydrogens is 318 g/mol. The van der Waals surface area contributed by atoms with Gasteiger partial charge in [-0.15, -0.1) is 0 Å². The van der Waals surface area contributed by atoms with Crippen molar-refractivity contribution >= 4 is 23.2 Å². The van der Waals surface area contributed by atoms with Crippen molar-refractivity contribution in [1.82, 2.24) is 4.90 Å². The van der Waals surface area contributed by atoms with E-state index in [0.29, 0.717) is 23.6 Å². The number of carbonyl (C=O) groups excluding carboxylic acids is 2. The van der Waals surface area contributed by atoms with Gasteiger partial charge in [0.2, 0.25) is 5.91 Å². The highest BCUT2D eigenvalue weighted by atomic mass is 16.5. The summed E-state index contributed by atoms with van der Waals surface area (Å²) in [6.45, 7) is 2.55. The zero-order chi connectivity index (χ0) is 18.2. The number of hydrogen-bond donors (Lipinski definition) is 2. The minimum absolute atomic E-state index is 0.0932. The highest BCUT2D eigenvalue weighted by molar-refractivity contribution is 5.98. The molecule has 2 aromatic rings. The smallest absolute Gasteiger partial charge is 0.253 e. The maximum absolute atomic E-state index is 12.2. The average molecular weight is 341 g/mol. The Bertz CT molecular complexity index is 744. The molecule has 6 nitrogen and oxygen atoms in total. The Kier molecular flexibility index (Phi) is 6.39. The van der Waals surface area contributed by atoms with E-state index in [1.165, 1.54) is 4.90 Å². The maximum Gasteiger partial charge on any atom is 0.253 e. The van der Waals surface area contributed by atoms with Crippen LogP contribution in [0.4, 0.5) is 11.4 Å². The molecule has 2 rings (SSSR count). The van der Waals surface area contributed by atoms with Gasteiger partial charge in [-0.1, -0.05) is 18.2 Å². The zero-order valence-electron chi connectivity index (χ0n) is 14.7. The molecule has 0 aliphatic carbocycles. The molecule has 0 saturated heterocycles. The van der Waals surface area contributed by atoms with Crippen LogP contribution in [0, 0.1) is 0 Å². The predicted molar refractivity (Wildman–Crippen MR) is 99.2 cm³/mol. The number of para-hydroxylation sites is 2. The summed E-state index contributed by atoms with van der Waals surface area (Å²) >= 11 is 0. The fourth-order valence-electron chi connectivity index (χ4n) is 2.26. The summed E-state index contributed by atoms with van der Waals surface area (Å²) in [5, 5.41) is 5.85. The number of rotatable bonds is 7. The third-order valence-corrected chi connectivity index (χ3v) is 3.43. The highest BCUT2D eigenvalue weighted by Gasteiger charge is 2.10. The topological polar surface area (TPSA) is 70.7 Å². The molecule has 0 unspecified atom stereocenters. The molecule has 0 aromatic heterocycles. The Morgan fingerprint density at radius 2 is 1.84 bits per heavy atom. The second-order valence-electron chi connectivity index (χ2n) is 5.61. The lowest BCUT2D eigenvalue weighted by atomic mass is 10.2. The third kappa shape index (κ3) is 5.24. The number of anilines is 2. The summed E-state index contributed by atoms with van der Waals surface area (Å²) in [6, 6.07) is 14.3. The Morgan fingerprint density at radius 3 is 2.56 bits per heavy atom. The van der Waals surface area contributed by atoms with Crippen LogP contribution >= 0.6 is 0 Å². The SMILES string of the molecule is CCOc1ccccc1NCC(=O)Nc1cccc(C(=O)N(C)C)c1. The molecule has 25 heavy (non-hydrogen) atoms. The highest BCUT2D eigenvalue weighted by Crippen LogP contribution is 2.23. The number of hydrogen-bond acceptors (Lipinski definition) is 4. The van der Waals surface area contributed by atoms with Gasteiger partial charge >= 0.3 is 0 Å². The molecular formula is C19H23N3O3. The van der Waals surface area contributed by atoms with E-state index < -0.39 is 0 Å². The van der Waals surface area contributed by atoms with E-state index in [2.05, 4.69) is 10.6 Å². The van der Waals surface area contributed by atoms with Crippen LogP contribution in [0.15, 0.2) is 48.5 Å². The first kappa shape index (κ1) is 18.3. The van der Waals surface area contributed by atoms with Crippen molar-refractivity contribution in [3.63, 3.8) is 0 Å². The van der Waals surface area contributed by atoms with Gasteiger partial charge < -0.3 is 20.3 Å². The van der Waals surface area contributed by atoms with Gasteiger partial charge in [0.1, 0.15) is 5.75 Å². The van der Waals surface area contributed by atoms with E-state index in [1.807, 2.05) is 31.2 Å². The second-order valence-corrected chi connectivity index (χ2v) is 5.61. The zero-order valence-corrected chi connectivity index (χ0v) is 14.7. The Balaban J connectivity index is 1.97. The lowest BCUT2D eigenvalue weighted by Gasteiger charge is -2.13. The molecule has 0 atom stereocenters. The van der Waals surface area contributed by atoms with Crippen LogP contribution in [0.3, 0.4) is 0 Å². The predicted octanol–water partition coefficient (Wildman–Crippen LogP) is 2.84. The number of benzene rings is 2. The van der Waals surface area contributed by atoms with Gasteiger partial charge in [0.25, 0.3) is 5.91 Å². The van der Waals surface area contributed by atoms with Crippen molar-refractivity contribution in [2.75, 3.05) is 37.9 Å². The molecule has 0 radical (unpaired) electrons. The van der Waals surface area contributed by atoms with Crippen molar-refractivity contribution in [3.8, 4) is 5.75 Å². The molecule has 6 heteroatoms. The summed E-state index contributed by atoms with van der Waals surface area (Å²) in [4.78, 5) is 25.6. The van der Waals surface area contributed by atoms with Gasteiger partial charge in [0, 0.05) is 25.3 Å². The number of nitrogens with one attached hydrogen (secondary N) is 2. The molecule has 0 heterocycles. The van der Waals surface area contributed by atoms with Gasteiger partial charge in [-0.05, 0) is 37.3 Å². The van der Waals surface area contributed by atoms with Gasteiger partial charge in [-0.3, -0.25) is 9.59 Å². The van der Waals surface area contributed by atoms with E-state index in [9.17, 15) is 9.59 Å². The Morgan fingerprint density at radius 1 is 1.08 bits per heavy atom. The van der Waals surface area contributed by atoms with Gasteiger partial charge in [0.05, 0.1) is 18.8 Å². The molecule has 132 valence electrons. The number of carbonyl (C=O) groups is 2. The molecule has 2 aromatic carbocycles. The van der Waals surface area contributed by atoms with Crippen molar-refractivity contribution in [2.45, 2.75) is 6.92 Å².